The number of hydrogen-bond acceptors (Lipinski definition) is 3. The van der Waals surface area contributed by atoms with Gasteiger partial charge < -0.3 is 0 Å². The lowest BCUT2D eigenvalue weighted by Gasteiger charge is -2.16. The SMILES string of the molecule is CCN(CC)S(=O)(=O)c1ccc(CCCl)s1. The summed E-state index contributed by atoms with van der Waals surface area (Å²) in [7, 11) is -3.29. The van der Waals surface area contributed by atoms with Crippen molar-refractivity contribution in [3.05, 3.63) is 17.0 Å². The predicted octanol–water partition coefficient (Wildman–Crippen LogP) is 2.56. The summed E-state index contributed by atoms with van der Waals surface area (Å²) in [6.07, 6.45) is 0.722. The van der Waals surface area contributed by atoms with Crippen LogP contribution in [0.3, 0.4) is 0 Å². The van der Waals surface area contributed by atoms with E-state index in [0.29, 0.717) is 23.2 Å². The second kappa shape index (κ2) is 6.00. The van der Waals surface area contributed by atoms with Gasteiger partial charge in [0.15, 0.2) is 0 Å². The summed E-state index contributed by atoms with van der Waals surface area (Å²) in [5.41, 5.74) is 0. The third kappa shape index (κ3) is 2.97. The van der Waals surface area contributed by atoms with Crippen LogP contribution in [-0.4, -0.2) is 31.7 Å². The van der Waals surface area contributed by atoms with Crippen molar-refractivity contribution >= 4 is 33.0 Å². The van der Waals surface area contributed by atoms with Gasteiger partial charge in [-0.25, -0.2) is 8.42 Å². The van der Waals surface area contributed by atoms with E-state index in [1.807, 2.05) is 19.9 Å². The molecule has 0 atom stereocenters. The van der Waals surface area contributed by atoms with Crippen LogP contribution in [0.1, 0.15) is 18.7 Å². The quantitative estimate of drug-likeness (QED) is 0.752. The highest BCUT2D eigenvalue weighted by Crippen LogP contribution is 2.25. The molecule has 0 spiro atoms. The van der Waals surface area contributed by atoms with Crippen molar-refractivity contribution in [1.82, 2.24) is 4.31 Å². The van der Waals surface area contributed by atoms with E-state index in [4.69, 9.17) is 11.6 Å². The van der Waals surface area contributed by atoms with Crippen molar-refractivity contribution in [2.45, 2.75) is 24.5 Å². The standard InChI is InChI=1S/C10H16ClNO2S2/c1-3-12(4-2)16(13,14)10-6-5-9(15-10)7-8-11/h5-6H,3-4,7-8H2,1-2H3. The number of rotatable bonds is 6. The number of alkyl halides is 1. The van der Waals surface area contributed by atoms with Crippen LogP contribution >= 0.6 is 22.9 Å². The highest BCUT2D eigenvalue weighted by Gasteiger charge is 2.23. The maximum atomic E-state index is 12.1. The lowest BCUT2D eigenvalue weighted by Crippen LogP contribution is -2.29. The molecule has 0 saturated heterocycles. The average Bonchev–Trinajstić information content (AvgIpc) is 2.69. The number of thiophene rings is 1. The first kappa shape index (κ1) is 14.0. The molecular weight excluding hydrogens is 266 g/mol. The summed E-state index contributed by atoms with van der Waals surface area (Å²) in [5, 5.41) is 0. The molecule has 16 heavy (non-hydrogen) atoms. The lowest BCUT2D eigenvalue weighted by atomic mass is 10.4. The molecular formula is C10H16ClNO2S2. The normalized spacial score (nSPS) is 12.2. The minimum absolute atomic E-state index is 0.413. The Morgan fingerprint density at radius 2 is 1.94 bits per heavy atom. The summed E-state index contributed by atoms with van der Waals surface area (Å²) in [5.74, 6) is 0.519. The Morgan fingerprint density at radius 1 is 1.31 bits per heavy atom. The summed E-state index contributed by atoms with van der Waals surface area (Å²) >= 11 is 6.93. The fourth-order valence-corrected chi connectivity index (χ4v) is 4.70. The van der Waals surface area contributed by atoms with Crippen molar-refractivity contribution in [3.63, 3.8) is 0 Å². The summed E-state index contributed by atoms with van der Waals surface area (Å²) in [6.45, 7) is 4.69. The number of halogens is 1. The van der Waals surface area contributed by atoms with Crippen molar-refractivity contribution in [2.24, 2.45) is 0 Å². The number of aryl methyl sites for hydroxylation is 1. The van der Waals surface area contributed by atoms with Gasteiger partial charge in [0, 0.05) is 23.8 Å². The lowest BCUT2D eigenvalue weighted by molar-refractivity contribution is 0.447. The molecule has 92 valence electrons. The van der Waals surface area contributed by atoms with E-state index in [1.165, 1.54) is 15.6 Å². The highest BCUT2D eigenvalue weighted by molar-refractivity contribution is 7.91. The van der Waals surface area contributed by atoms with E-state index in [1.54, 1.807) is 6.07 Å². The van der Waals surface area contributed by atoms with E-state index in [0.717, 1.165) is 11.3 Å². The van der Waals surface area contributed by atoms with Gasteiger partial charge in [-0.1, -0.05) is 13.8 Å². The minimum atomic E-state index is -3.29. The molecule has 0 aliphatic carbocycles. The summed E-state index contributed by atoms with van der Waals surface area (Å²) < 4.78 is 26.1. The van der Waals surface area contributed by atoms with Gasteiger partial charge in [0.25, 0.3) is 10.0 Å². The smallest absolute Gasteiger partial charge is 0.206 e. The van der Waals surface area contributed by atoms with E-state index >= 15 is 0 Å². The first-order valence-corrected chi connectivity index (χ1v) is 8.00. The molecule has 1 heterocycles. The summed E-state index contributed by atoms with van der Waals surface area (Å²) in [4.78, 5) is 1.01. The summed E-state index contributed by atoms with van der Waals surface area (Å²) in [6, 6.07) is 3.50. The molecule has 0 fully saturated rings. The minimum Gasteiger partial charge on any atom is -0.206 e. The fourth-order valence-electron chi connectivity index (χ4n) is 1.42. The molecule has 0 unspecified atom stereocenters. The zero-order valence-corrected chi connectivity index (χ0v) is 11.8. The molecule has 3 nitrogen and oxygen atoms in total. The van der Waals surface area contributed by atoms with Crippen LogP contribution in [0.2, 0.25) is 0 Å². The zero-order chi connectivity index (χ0) is 12.2. The molecule has 1 aromatic heterocycles. The van der Waals surface area contributed by atoms with Crippen LogP contribution < -0.4 is 0 Å². The van der Waals surface area contributed by atoms with Gasteiger partial charge in [0.2, 0.25) is 0 Å². The van der Waals surface area contributed by atoms with Gasteiger partial charge in [-0.05, 0) is 18.6 Å². The molecule has 1 aromatic rings. The molecule has 0 aliphatic rings. The third-order valence-corrected chi connectivity index (χ3v) is 6.13. The Hall–Kier alpha value is -0.100. The van der Waals surface area contributed by atoms with Crippen LogP contribution in [0.15, 0.2) is 16.3 Å². The van der Waals surface area contributed by atoms with E-state index < -0.39 is 10.0 Å². The van der Waals surface area contributed by atoms with Crippen LogP contribution in [0.25, 0.3) is 0 Å². The predicted molar refractivity (Wildman–Crippen MR) is 68.8 cm³/mol. The number of hydrogen-bond donors (Lipinski definition) is 0. The molecule has 0 aromatic carbocycles. The Labute approximate surface area is 106 Å². The molecule has 0 radical (unpaired) electrons. The first-order valence-electron chi connectivity index (χ1n) is 5.21. The van der Waals surface area contributed by atoms with Crippen molar-refractivity contribution < 1.29 is 8.42 Å². The topological polar surface area (TPSA) is 37.4 Å². The van der Waals surface area contributed by atoms with Gasteiger partial charge in [0.05, 0.1) is 0 Å². The Morgan fingerprint density at radius 3 is 2.44 bits per heavy atom. The van der Waals surface area contributed by atoms with Gasteiger partial charge in [0.1, 0.15) is 4.21 Å². The second-order valence-corrected chi connectivity index (χ2v) is 6.96. The van der Waals surface area contributed by atoms with Crippen molar-refractivity contribution in [2.75, 3.05) is 19.0 Å². The zero-order valence-electron chi connectivity index (χ0n) is 9.44. The van der Waals surface area contributed by atoms with Crippen LogP contribution in [-0.2, 0) is 16.4 Å². The van der Waals surface area contributed by atoms with Crippen LogP contribution in [0.5, 0.6) is 0 Å². The third-order valence-electron chi connectivity index (χ3n) is 2.28. The maximum Gasteiger partial charge on any atom is 0.252 e. The van der Waals surface area contributed by atoms with Crippen LogP contribution in [0.4, 0.5) is 0 Å². The number of sulfonamides is 1. The van der Waals surface area contributed by atoms with Gasteiger partial charge in [-0.3, -0.25) is 0 Å². The van der Waals surface area contributed by atoms with Crippen LogP contribution in [0, 0.1) is 0 Å². The van der Waals surface area contributed by atoms with Crippen molar-refractivity contribution in [1.29, 1.82) is 0 Å². The Balaban J connectivity index is 2.97. The molecule has 6 heteroatoms. The molecule has 0 N–H and O–H groups in total. The first-order chi connectivity index (χ1) is 7.56. The van der Waals surface area contributed by atoms with E-state index in [2.05, 4.69) is 0 Å². The molecule has 0 amide bonds. The molecule has 0 bridgehead atoms. The molecule has 0 saturated carbocycles. The monoisotopic (exact) mass is 281 g/mol. The fraction of sp³-hybridized carbons (Fsp3) is 0.600. The average molecular weight is 282 g/mol. The van der Waals surface area contributed by atoms with Gasteiger partial charge in [-0.2, -0.15) is 4.31 Å². The maximum absolute atomic E-state index is 12.1. The van der Waals surface area contributed by atoms with Gasteiger partial charge >= 0.3 is 0 Å². The highest BCUT2D eigenvalue weighted by atomic mass is 35.5. The number of nitrogens with zero attached hydrogens (tertiary/aromatic N) is 1. The Kier molecular flexibility index (Phi) is 5.24. The molecule has 1 rings (SSSR count). The second-order valence-electron chi connectivity index (χ2n) is 3.25. The molecule has 0 aliphatic heterocycles. The Bertz CT molecular complexity index is 424. The van der Waals surface area contributed by atoms with Gasteiger partial charge in [-0.15, -0.1) is 22.9 Å². The van der Waals surface area contributed by atoms with E-state index in [9.17, 15) is 8.42 Å². The van der Waals surface area contributed by atoms with E-state index in [-0.39, 0.29) is 0 Å². The largest absolute Gasteiger partial charge is 0.252 e. The van der Waals surface area contributed by atoms with Crippen molar-refractivity contribution in [3.8, 4) is 0 Å².